The molecule has 0 aliphatic rings. The smallest absolute Gasteiger partial charge is 0.303 e. The van der Waals surface area contributed by atoms with E-state index in [0.29, 0.717) is 12.8 Å². The topological polar surface area (TPSA) is 54.4 Å². The Morgan fingerprint density at radius 2 is 1.82 bits per heavy atom. The standard InChI is InChI=1S/C8H14O3/c1-6(2)7(9)4-3-5-8(10)11/h6H,3-5H2,1-2H3,(H,10,11). The third-order valence-corrected chi connectivity index (χ3v) is 1.46. The van der Waals surface area contributed by atoms with Crippen LogP contribution in [0.5, 0.6) is 0 Å². The first-order chi connectivity index (χ1) is 5.04. The summed E-state index contributed by atoms with van der Waals surface area (Å²) in [5.41, 5.74) is 0. The minimum atomic E-state index is -0.832. The summed E-state index contributed by atoms with van der Waals surface area (Å²) in [6.45, 7) is 3.65. The number of carbonyl (C=O) groups is 2. The van der Waals surface area contributed by atoms with Crippen LogP contribution in [0, 0.1) is 5.92 Å². The molecule has 11 heavy (non-hydrogen) atoms. The second kappa shape index (κ2) is 4.88. The quantitative estimate of drug-likeness (QED) is 0.659. The highest BCUT2D eigenvalue weighted by atomic mass is 16.4. The van der Waals surface area contributed by atoms with Crippen molar-refractivity contribution in [1.29, 1.82) is 0 Å². The Kier molecular flexibility index (Phi) is 4.50. The number of hydrogen-bond acceptors (Lipinski definition) is 2. The predicted octanol–water partition coefficient (Wildman–Crippen LogP) is 1.47. The van der Waals surface area contributed by atoms with Gasteiger partial charge in [-0.3, -0.25) is 9.59 Å². The molecule has 0 saturated heterocycles. The van der Waals surface area contributed by atoms with E-state index in [9.17, 15) is 9.59 Å². The molecule has 0 amide bonds. The van der Waals surface area contributed by atoms with Crippen molar-refractivity contribution in [2.24, 2.45) is 5.92 Å². The molecule has 0 bridgehead atoms. The molecule has 0 unspecified atom stereocenters. The first kappa shape index (κ1) is 10.1. The number of Topliss-reactive ketones (excluding diaryl/α,β-unsaturated/α-hetero) is 1. The summed E-state index contributed by atoms with van der Waals surface area (Å²) in [5.74, 6) is -0.656. The fourth-order valence-corrected chi connectivity index (χ4v) is 0.703. The van der Waals surface area contributed by atoms with Gasteiger partial charge >= 0.3 is 5.97 Å². The Hall–Kier alpha value is -0.860. The largest absolute Gasteiger partial charge is 0.481 e. The number of carboxylic acids is 1. The molecule has 0 heterocycles. The van der Waals surface area contributed by atoms with E-state index in [1.807, 2.05) is 13.8 Å². The lowest BCUT2D eigenvalue weighted by atomic mass is 10.0. The van der Waals surface area contributed by atoms with Crippen LogP contribution in [0.15, 0.2) is 0 Å². The third-order valence-electron chi connectivity index (χ3n) is 1.46. The second-order valence-corrected chi connectivity index (χ2v) is 2.87. The van der Waals surface area contributed by atoms with Gasteiger partial charge in [0.25, 0.3) is 0 Å². The van der Waals surface area contributed by atoms with Crippen LogP contribution >= 0.6 is 0 Å². The van der Waals surface area contributed by atoms with Crippen molar-refractivity contribution in [2.45, 2.75) is 33.1 Å². The zero-order valence-electron chi connectivity index (χ0n) is 6.96. The molecule has 0 aliphatic carbocycles. The number of carboxylic acid groups (broad SMARTS) is 1. The zero-order chi connectivity index (χ0) is 8.85. The van der Waals surface area contributed by atoms with Gasteiger partial charge in [-0.15, -0.1) is 0 Å². The highest BCUT2D eigenvalue weighted by molar-refractivity contribution is 5.80. The van der Waals surface area contributed by atoms with Crippen molar-refractivity contribution in [1.82, 2.24) is 0 Å². The van der Waals surface area contributed by atoms with Crippen molar-refractivity contribution in [3.8, 4) is 0 Å². The predicted molar refractivity (Wildman–Crippen MR) is 41.3 cm³/mol. The Morgan fingerprint density at radius 1 is 1.27 bits per heavy atom. The maximum Gasteiger partial charge on any atom is 0.303 e. The van der Waals surface area contributed by atoms with Gasteiger partial charge in [-0.05, 0) is 6.42 Å². The summed E-state index contributed by atoms with van der Waals surface area (Å²) in [4.78, 5) is 21.0. The molecule has 0 radical (unpaired) electrons. The molecule has 64 valence electrons. The van der Waals surface area contributed by atoms with Crippen molar-refractivity contribution in [3.05, 3.63) is 0 Å². The average molecular weight is 158 g/mol. The van der Waals surface area contributed by atoms with E-state index < -0.39 is 5.97 Å². The lowest BCUT2D eigenvalue weighted by Crippen LogP contribution is -2.07. The molecule has 3 nitrogen and oxygen atoms in total. The Labute approximate surface area is 66.4 Å². The summed E-state index contributed by atoms with van der Waals surface area (Å²) in [7, 11) is 0. The molecule has 0 fully saturated rings. The molecular formula is C8H14O3. The molecule has 0 aromatic heterocycles. The number of hydrogen-bond donors (Lipinski definition) is 1. The molecule has 0 saturated carbocycles. The lowest BCUT2D eigenvalue weighted by molar-refractivity contribution is -0.137. The van der Waals surface area contributed by atoms with Gasteiger partial charge in [0.2, 0.25) is 0 Å². The number of ketones is 1. The van der Waals surface area contributed by atoms with E-state index in [2.05, 4.69) is 0 Å². The maximum atomic E-state index is 10.9. The molecule has 0 aliphatic heterocycles. The highest BCUT2D eigenvalue weighted by Crippen LogP contribution is 2.03. The van der Waals surface area contributed by atoms with Crippen LogP contribution in [0.1, 0.15) is 33.1 Å². The van der Waals surface area contributed by atoms with Crippen LogP contribution in [0.25, 0.3) is 0 Å². The van der Waals surface area contributed by atoms with Crippen molar-refractivity contribution in [3.63, 3.8) is 0 Å². The second-order valence-electron chi connectivity index (χ2n) is 2.87. The van der Waals surface area contributed by atoms with Crippen molar-refractivity contribution < 1.29 is 14.7 Å². The van der Waals surface area contributed by atoms with Gasteiger partial charge in [-0.1, -0.05) is 13.8 Å². The molecule has 0 aromatic carbocycles. The molecule has 3 heteroatoms. The molecule has 0 atom stereocenters. The van der Waals surface area contributed by atoms with Gasteiger partial charge in [0, 0.05) is 18.8 Å². The van der Waals surface area contributed by atoms with Gasteiger partial charge < -0.3 is 5.11 Å². The molecule has 0 rings (SSSR count). The average Bonchev–Trinajstić information content (AvgIpc) is 1.86. The van der Waals surface area contributed by atoms with Crippen LogP contribution in [0.3, 0.4) is 0 Å². The fraction of sp³-hybridized carbons (Fsp3) is 0.750. The fourth-order valence-electron chi connectivity index (χ4n) is 0.703. The first-order valence-electron chi connectivity index (χ1n) is 3.78. The van der Waals surface area contributed by atoms with E-state index in [1.54, 1.807) is 0 Å². The monoisotopic (exact) mass is 158 g/mol. The van der Waals surface area contributed by atoms with Gasteiger partial charge in [0.05, 0.1) is 0 Å². The van der Waals surface area contributed by atoms with E-state index in [0.717, 1.165) is 0 Å². The van der Waals surface area contributed by atoms with Crippen molar-refractivity contribution in [2.75, 3.05) is 0 Å². The van der Waals surface area contributed by atoms with Gasteiger partial charge in [0.15, 0.2) is 0 Å². The Bertz CT molecular complexity index is 149. The van der Waals surface area contributed by atoms with Crippen LogP contribution in [0.2, 0.25) is 0 Å². The van der Waals surface area contributed by atoms with Gasteiger partial charge in [0.1, 0.15) is 5.78 Å². The van der Waals surface area contributed by atoms with Crippen LogP contribution in [0.4, 0.5) is 0 Å². The number of aliphatic carboxylic acids is 1. The minimum absolute atomic E-state index is 0.0313. The summed E-state index contributed by atoms with van der Waals surface area (Å²) < 4.78 is 0. The zero-order valence-corrected chi connectivity index (χ0v) is 6.96. The number of rotatable bonds is 5. The van der Waals surface area contributed by atoms with Crippen LogP contribution < -0.4 is 0 Å². The molecule has 0 aromatic rings. The summed E-state index contributed by atoms with van der Waals surface area (Å²) in [5, 5.41) is 8.25. The highest BCUT2D eigenvalue weighted by Gasteiger charge is 2.07. The summed E-state index contributed by atoms with van der Waals surface area (Å²) >= 11 is 0. The number of carbonyl (C=O) groups excluding carboxylic acids is 1. The molecule has 1 N–H and O–H groups in total. The minimum Gasteiger partial charge on any atom is -0.481 e. The van der Waals surface area contributed by atoms with E-state index in [-0.39, 0.29) is 18.1 Å². The summed E-state index contributed by atoms with van der Waals surface area (Å²) in [6.07, 6.45) is 0.953. The van der Waals surface area contributed by atoms with Crippen LogP contribution in [-0.2, 0) is 9.59 Å². The Morgan fingerprint density at radius 3 is 2.18 bits per heavy atom. The molecule has 0 spiro atoms. The molecular weight excluding hydrogens is 144 g/mol. The normalized spacial score (nSPS) is 10.1. The maximum absolute atomic E-state index is 10.9. The van der Waals surface area contributed by atoms with E-state index in [1.165, 1.54) is 0 Å². The van der Waals surface area contributed by atoms with E-state index >= 15 is 0 Å². The SMILES string of the molecule is CC(C)C(=O)CCCC(=O)O. The van der Waals surface area contributed by atoms with Crippen LogP contribution in [-0.4, -0.2) is 16.9 Å². The summed E-state index contributed by atoms with van der Waals surface area (Å²) in [6, 6.07) is 0. The van der Waals surface area contributed by atoms with E-state index in [4.69, 9.17) is 5.11 Å². The van der Waals surface area contributed by atoms with Crippen molar-refractivity contribution >= 4 is 11.8 Å². The van der Waals surface area contributed by atoms with Gasteiger partial charge in [-0.25, -0.2) is 0 Å². The van der Waals surface area contributed by atoms with Gasteiger partial charge in [-0.2, -0.15) is 0 Å². The first-order valence-corrected chi connectivity index (χ1v) is 3.78. The Balaban J connectivity index is 3.39. The third kappa shape index (κ3) is 5.58. The lowest BCUT2D eigenvalue weighted by Gasteiger charge is -2.01.